The van der Waals surface area contributed by atoms with E-state index in [4.69, 9.17) is 0 Å². The van der Waals surface area contributed by atoms with E-state index >= 15 is 0 Å². The van der Waals surface area contributed by atoms with Crippen LogP contribution in [-0.2, 0) is 13.1 Å². The fraction of sp³-hybridized carbons (Fsp3) is 0.167. The predicted octanol–water partition coefficient (Wildman–Crippen LogP) is 5.63. The monoisotopic (exact) mass is 609 g/mol. The van der Waals surface area contributed by atoms with Crippen molar-refractivity contribution < 1.29 is 14.4 Å². The van der Waals surface area contributed by atoms with Crippen molar-refractivity contribution in [2.45, 2.75) is 40.8 Å². The molecule has 0 fully saturated rings. The van der Waals surface area contributed by atoms with Gasteiger partial charge < -0.3 is 9.88 Å². The summed E-state index contributed by atoms with van der Waals surface area (Å²) in [4.78, 5) is 45.6. The Balaban J connectivity index is 1.07. The third-order valence-electron chi connectivity index (χ3n) is 8.54. The predicted molar refractivity (Wildman–Crippen MR) is 174 cm³/mol. The van der Waals surface area contributed by atoms with Gasteiger partial charge in [0.2, 0.25) is 0 Å². The Bertz CT molecular complexity index is 2210. The minimum Gasteiger partial charge on any atom is -0.348 e. The van der Waals surface area contributed by atoms with Crippen molar-refractivity contribution in [2.75, 3.05) is 4.90 Å². The van der Waals surface area contributed by atoms with E-state index in [0.29, 0.717) is 17.8 Å². The van der Waals surface area contributed by atoms with E-state index in [1.165, 1.54) is 22.1 Å². The molecule has 3 amide bonds. The number of para-hydroxylation sites is 1. The highest BCUT2D eigenvalue weighted by atomic mass is 16.2. The Morgan fingerprint density at radius 2 is 1.59 bits per heavy atom. The maximum Gasteiger partial charge on any atom is 0.266 e. The average Bonchev–Trinajstić information content (AvgIpc) is 3.74. The van der Waals surface area contributed by atoms with Gasteiger partial charge in [0.15, 0.2) is 0 Å². The summed E-state index contributed by atoms with van der Waals surface area (Å²) >= 11 is 0. The first-order valence-corrected chi connectivity index (χ1v) is 15.0. The second-order valence-electron chi connectivity index (χ2n) is 11.8. The van der Waals surface area contributed by atoms with Crippen molar-refractivity contribution in [1.29, 1.82) is 0 Å². The van der Waals surface area contributed by atoms with Gasteiger partial charge in [0, 0.05) is 12.1 Å². The van der Waals surface area contributed by atoms with Crippen molar-refractivity contribution >= 4 is 34.4 Å². The Kier molecular flexibility index (Phi) is 7.04. The highest BCUT2D eigenvalue weighted by Gasteiger charge is 2.37. The lowest BCUT2D eigenvalue weighted by Gasteiger charge is -2.17. The third-order valence-corrected chi connectivity index (χ3v) is 8.54. The Morgan fingerprint density at radius 1 is 0.804 bits per heavy atom. The number of nitrogens with one attached hydrogen (secondary N) is 1. The number of carbonyl (C=O) groups is 3. The van der Waals surface area contributed by atoms with E-state index < -0.39 is 11.8 Å². The number of imidazole rings is 1. The van der Waals surface area contributed by atoms with Gasteiger partial charge in [-0.05, 0) is 98.0 Å². The zero-order valence-corrected chi connectivity index (χ0v) is 25.9. The molecule has 1 N–H and O–H groups in total. The SMILES string of the molecule is Cc1ccc(C)c(N2C(=O)c3ccc(C(=O)NCc4ccccc4-n4cc(Cn5cnc6cc(C)c(C)cc65)nn4)cc3C2=O)c1. The zero-order chi connectivity index (χ0) is 32.1. The summed E-state index contributed by atoms with van der Waals surface area (Å²) in [5.74, 6) is -1.20. The number of aryl methyl sites for hydroxylation is 4. The summed E-state index contributed by atoms with van der Waals surface area (Å²) in [7, 11) is 0. The lowest BCUT2D eigenvalue weighted by molar-refractivity contribution is 0.0923. The topological polar surface area (TPSA) is 115 Å². The largest absolute Gasteiger partial charge is 0.348 e. The van der Waals surface area contributed by atoms with Crippen LogP contribution < -0.4 is 10.2 Å². The number of aromatic nitrogens is 5. The van der Waals surface area contributed by atoms with Crippen LogP contribution >= 0.6 is 0 Å². The molecule has 0 radical (unpaired) electrons. The van der Waals surface area contributed by atoms with Gasteiger partial charge >= 0.3 is 0 Å². The standard InChI is InChI=1S/C36H31N7O3/c1-21-9-10-22(2)32(13-21)43-35(45)28-12-11-25(16-29(28)36(43)46)34(44)37-17-26-7-5-6-8-31(26)42-19-27(39-40-42)18-41-20-38-30-14-23(3)24(4)15-33(30)41/h5-16,19-20H,17-18H2,1-4H3,(H,37,44). The quantitative estimate of drug-likeness (QED) is 0.235. The molecule has 0 aliphatic carbocycles. The van der Waals surface area contributed by atoms with Gasteiger partial charge in [-0.3, -0.25) is 14.4 Å². The van der Waals surface area contributed by atoms with E-state index in [9.17, 15) is 14.4 Å². The number of hydrogen-bond acceptors (Lipinski definition) is 6. The number of fused-ring (bicyclic) bond motifs is 2. The van der Waals surface area contributed by atoms with Crippen molar-refractivity contribution in [3.05, 3.63) is 136 Å². The fourth-order valence-electron chi connectivity index (χ4n) is 5.82. The van der Waals surface area contributed by atoms with E-state index in [1.54, 1.807) is 16.8 Å². The molecule has 10 heteroatoms. The van der Waals surface area contributed by atoms with Crippen LogP contribution in [0.4, 0.5) is 5.69 Å². The molecule has 0 bridgehead atoms. The summed E-state index contributed by atoms with van der Waals surface area (Å²) < 4.78 is 3.76. The minimum atomic E-state index is -0.440. The number of nitrogens with zero attached hydrogens (tertiary/aromatic N) is 6. The lowest BCUT2D eigenvalue weighted by atomic mass is 10.1. The van der Waals surface area contributed by atoms with Crippen molar-refractivity contribution in [3.63, 3.8) is 0 Å². The number of amides is 3. The highest BCUT2D eigenvalue weighted by Crippen LogP contribution is 2.32. The molecular formula is C36H31N7O3. The summed E-state index contributed by atoms with van der Waals surface area (Å²) in [6.45, 7) is 8.66. The smallest absolute Gasteiger partial charge is 0.266 e. The first-order chi connectivity index (χ1) is 22.2. The molecule has 6 aromatic rings. The number of rotatable bonds is 7. The molecule has 46 heavy (non-hydrogen) atoms. The van der Waals surface area contributed by atoms with Gasteiger partial charge in [-0.1, -0.05) is 35.5 Å². The highest BCUT2D eigenvalue weighted by molar-refractivity contribution is 6.35. The second-order valence-corrected chi connectivity index (χ2v) is 11.8. The zero-order valence-electron chi connectivity index (χ0n) is 25.9. The van der Waals surface area contributed by atoms with Crippen LogP contribution in [0, 0.1) is 27.7 Å². The summed E-state index contributed by atoms with van der Waals surface area (Å²) in [6.07, 6.45) is 3.69. The molecule has 3 heterocycles. The molecule has 4 aromatic carbocycles. The lowest BCUT2D eigenvalue weighted by Crippen LogP contribution is -2.30. The molecule has 0 saturated carbocycles. The maximum atomic E-state index is 13.4. The van der Waals surface area contributed by atoms with Crippen LogP contribution in [-0.4, -0.2) is 42.3 Å². The van der Waals surface area contributed by atoms with Crippen LogP contribution in [0.2, 0.25) is 0 Å². The first-order valence-electron chi connectivity index (χ1n) is 15.0. The number of benzene rings is 4. The molecule has 10 nitrogen and oxygen atoms in total. The molecule has 7 rings (SSSR count). The Hall–Kier alpha value is -5.90. The first kappa shape index (κ1) is 28.8. The molecule has 0 atom stereocenters. The molecule has 0 unspecified atom stereocenters. The van der Waals surface area contributed by atoms with Crippen molar-refractivity contribution in [3.8, 4) is 5.69 Å². The fourth-order valence-corrected chi connectivity index (χ4v) is 5.82. The number of imide groups is 1. The van der Waals surface area contributed by atoms with Crippen LogP contribution in [0.25, 0.3) is 16.7 Å². The van der Waals surface area contributed by atoms with Crippen LogP contribution in [0.15, 0.2) is 85.3 Å². The van der Waals surface area contributed by atoms with Gasteiger partial charge in [0.25, 0.3) is 17.7 Å². The van der Waals surface area contributed by atoms with Crippen molar-refractivity contribution in [2.24, 2.45) is 0 Å². The van der Waals surface area contributed by atoms with Gasteiger partial charge in [-0.2, -0.15) is 0 Å². The third kappa shape index (κ3) is 5.03. The molecule has 2 aromatic heterocycles. The Labute approximate surface area is 265 Å². The van der Waals surface area contributed by atoms with Crippen LogP contribution in [0.3, 0.4) is 0 Å². The van der Waals surface area contributed by atoms with E-state index in [0.717, 1.165) is 39.1 Å². The minimum absolute atomic E-state index is 0.213. The molecular weight excluding hydrogens is 578 g/mol. The molecule has 1 aliphatic rings. The maximum absolute atomic E-state index is 13.4. The molecule has 0 saturated heterocycles. The molecule has 0 spiro atoms. The average molecular weight is 610 g/mol. The van der Waals surface area contributed by atoms with Gasteiger partial charge in [0.05, 0.1) is 52.6 Å². The summed E-state index contributed by atoms with van der Waals surface area (Å²) in [5, 5.41) is 11.7. The van der Waals surface area contributed by atoms with Gasteiger partial charge in [-0.15, -0.1) is 5.10 Å². The van der Waals surface area contributed by atoms with Crippen LogP contribution in [0.1, 0.15) is 64.6 Å². The summed E-state index contributed by atoms with van der Waals surface area (Å²) in [6, 6.07) is 22.1. The number of anilines is 1. The normalized spacial score (nSPS) is 12.7. The van der Waals surface area contributed by atoms with Crippen molar-refractivity contribution in [1.82, 2.24) is 29.9 Å². The number of hydrogen-bond donors (Lipinski definition) is 1. The van der Waals surface area contributed by atoms with Gasteiger partial charge in [0.1, 0.15) is 5.69 Å². The van der Waals surface area contributed by atoms with E-state index in [1.807, 2.05) is 68.8 Å². The summed E-state index contributed by atoms with van der Waals surface area (Å²) in [5.41, 5.74) is 9.86. The molecule has 1 aliphatic heterocycles. The second kappa shape index (κ2) is 11.2. The van der Waals surface area contributed by atoms with Crippen LogP contribution in [0.5, 0.6) is 0 Å². The molecule has 228 valence electrons. The van der Waals surface area contributed by atoms with E-state index in [-0.39, 0.29) is 23.6 Å². The Morgan fingerprint density at radius 3 is 2.43 bits per heavy atom. The van der Waals surface area contributed by atoms with Gasteiger partial charge in [-0.25, -0.2) is 14.6 Å². The van der Waals surface area contributed by atoms with E-state index in [2.05, 4.69) is 51.2 Å². The number of carbonyl (C=O) groups excluding carboxylic acids is 3.